The first-order valence-corrected chi connectivity index (χ1v) is 7.84. The summed E-state index contributed by atoms with van der Waals surface area (Å²) in [5, 5.41) is 5.04. The zero-order chi connectivity index (χ0) is 18.1. The molecule has 132 valence electrons. The fourth-order valence-electron chi connectivity index (χ4n) is 1.88. The Balaban J connectivity index is 2.44. The maximum Gasteiger partial charge on any atom is 0.325 e. The lowest BCUT2D eigenvalue weighted by Gasteiger charge is -2.22. The first-order valence-electron chi connectivity index (χ1n) is 7.84. The van der Waals surface area contributed by atoms with Crippen molar-refractivity contribution in [2.24, 2.45) is 11.7 Å². The normalized spacial score (nSPS) is 13.0. The standard InChI is InChI=1S/C17H25N3O4/c1-11(2)15(20-16(22)12(3)18)17(23)19-9-14(21)24-10-13-7-5-4-6-8-13/h4-8,11-12,15H,9-10,18H2,1-3H3,(H,19,23)(H,20,22)/t12-,15+/m1/s1. The average Bonchev–Trinajstić information content (AvgIpc) is 2.55. The van der Waals surface area contributed by atoms with Crippen molar-refractivity contribution in [2.75, 3.05) is 6.54 Å². The molecular weight excluding hydrogens is 310 g/mol. The predicted molar refractivity (Wildman–Crippen MR) is 89.7 cm³/mol. The highest BCUT2D eigenvalue weighted by molar-refractivity contribution is 5.91. The first-order chi connectivity index (χ1) is 11.3. The predicted octanol–water partition coefficient (Wildman–Crippen LogP) is 0.334. The van der Waals surface area contributed by atoms with E-state index in [4.69, 9.17) is 10.5 Å². The Hall–Kier alpha value is -2.41. The van der Waals surface area contributed by atoms with E-state index in [1.165, 1.54) is 6.92 Å². The number of hydrogen-bond acceptors (Lipinski definition) is 5. The van der Waals surface area contributed by atoms with Gasteiger partial charge in [-0.2, -0.15) is 0 Å². The molecule has 1 rings (SSSR count). The number of rotatable bonds is 8. The molecule has 0 aliphatic rings. The third-order valence-corrected chi connectivity index (χ3v) is 3.31. The number of nitrogens with one attached hydrogen (secondary N) is 2. The molecular formula is C17H25N3O4. The summed E-state index contributed by atoms with van der Waals surface area (Å²) >= 11 is 0. The highest BCUT2D eigenvalue weighted by atomic mass is 16.5. The van der Waals surface area contributed by atoms with E-state index in [1.807, 2.05) is 30.3 Å². The molecule has 0 unspecified atom stereocenters. The summed E-state index contributed by atoms with van der Waals surface area (Å²) in [5.41, 5.74) is 6.35. The quantitative estimate of drug-likeness (QED) is 0.593. The molecule has 0 saturated heterocycles. The van der Waals surface area contributed by atoms with Crippen molar-refractivity contribution in [3.05, 3.63) is 35.9 Å². The molecule has 0 heterocycles. The van der Waals surface area contributed by atoms with Gasteiger partial charge in [-0.05, 0) is 18.4 Å². The van der Waals surface area contributed by atoms with Crippen LogP contribution in [0.2, 0.25) is 0 Å². The fraction of sp³-hybridized carbons (Fsp3) is 0.471. The van der Waals surface area contributed by atoms with E-state index in [1.54, 1.807) is 13.8 Å². The van der Waals surface area contributed by atoms with Crippen molar-refractivity contribution in [2.45, 2.75) is 39.5 Å². The number of carbonyl (C=O) groups excluding carboxylic acids is 3. The Morgan fingerprint density at radius 3 is 2.25 bits per heavy atom. The van der Waals surface area contributed by atoms with Crippen LogP contribution in [0.5, 0.6) is 0 Å². The van der Waals surface area contributed by atoms with Crippen LogP contribution in [0.1, 0.15) is 26.3 Å². The van der Waals surface area contributed by atoms with Gasteiger partial charge in [-0.15, -0.1) is 0 Å². The monoisotopic (exact) mass is 335 g/mol. The number of ether oxygens (including phenoxy) is 1. The minimum Gasteiger partial charge on any atom is -0.460 e. The fourth-order valence-corrected chi connectivity index (χ4v) is 1.88. The molecule has 0 spiro atoms. The van der Waals surface area contributed by atoms with Gasteiger partial charge in [0.15, 0.2) is 0 Å². The molecule has 1 aromatic carbocycles. The van der Waals surface area contributed by atoms with E-state index in [2.05, 4.69) is 10.6 Å². The van der Waals surface area contributed by atoms with Crippen LogP contribution in [-0.2, 0) is 25.7 Å². The Morgan fingerprint density at radius 1 is 1.08 bits per heavy atom. The molecule has 0 aliphatic carbocycles. The van der Waals surface area contributed by atoms with Gasteiger partial charge < -0.3 is 21.1 Å². The maximum absolute atomic E-state index is 12.1. The van der Waals surface area contributed by atoms with E-state index < -0.39 is 29.9 Å². The van der Waals surface area contributed by atoms with Crippen LogP contribution < -0.4 is 16.4 Å². The van der Waals surface area contributed by atoms with Gasteiger partial charge in [-0.3, -0.25) is 14.4 Å². The second-order valence-corrected chi connectivity index (χ2v) is 5.88. The van der Waals surface area contributed by atoms with E-state index in [9.17, 15) is 14.4 Å². The lowest BCUT2D eigenvalue weighted by molar-refractivity contribution is -0.145. The lowest BCUT2D eigenvalue weighted by Crippen LogP contribution is -2.53. The SMILES string of the molecule is CC(C)[C@H](NC(=O)[C@@H](C)N)C(=O)NCC(=O)OCc1ccccc1. The largest absolute Gasteiger partial charge is 0.460 e. The Kier molecular flexibility index (Phi) is 7.91. The molecule has 7 nitrogen and oxygen atoms in total. The van der Waals surface area contributed by atoms with Crippen LogP contribution in [0.15, 0.2) is 30.3 Å². The minimum atomic E-state index is -0.759. The van der Waals surface area contributed by atoms with Crippen molar-refractivity contribution in [3.8, 4) is 0 Å². The summed E-state index contributed by atoms with van der Waals surface area (Å²) in [7, 11) is 0. The number of benzene rings is 1. The van der Waals surface area contributed by atoms with E-state index in [-0.39, 0.29) is 19.1 Å². The third-order valence-electron chi connectivity index (χ3n) is 3.31. The molecule has 2 atom stereocenters. The van der Waals surface area contributed by atoms with Gasteiger partial charge in [0.2, 0.25) is 11.8 Å². The zero-order valence-electron chi connectivity index (χ0n) is 14.2. The zero-order valence-corrected chi connectivity index (χ0v) is 14.2. The number of amides is 2. The minimum absolute atomic E-state index is 0.143. The van der Waals surface area contributed by atoms with E-state index in [0.717, 1.165) is 5.56 Å². The molecule has 7 heteroatoms. The van der Waals surface area contributed by atoms with Gasteiger partial charge >= 0.3 is 5.97 Å². The van der Waals surface area contributed by atoms with E-state index >= 15 is 0 Å². The Morgan fingerprint density at radius 2 is 1.71 bits per heavy atom. The third kappa shape index (κ3) is 6.78. The van der Waals surface area contributed by atoms with Crippen LogP contribution in [0.25, 0.3) is 0 Å². The summed E-state index contributed by atoms with van der Waals surface area (Å²) in [4.78, 5) is 35.5. The van der Waals surface area contributed by atoms with Crippen molar-refractivity contribution < 1.29 is 19.1 Å². The van der Waals surface area contributed by atoms with Crippen molar-refractivity contribution in [1.82, 2.24) is 10.6 Å². The molecule has 1 aromatic rings. The van der Waals surface area contributed by atoms with Crippen LogP contribution in [-0.4, -0.2) is 36.4 Å². The topological polar surface area (TPSA) is 111 Å². The molecule has 0 radical (unpaired) electrons. The molecule has 0 saturated carbocycles. The number of esters is 1. The molecule has 0 bridgehead atoms. The van der Waals surface area contributed by atoms with Gasteiger partial charge in [0, 0.05) is 0 Å². The molecule has 24 heavy (non-hydrogen) atoms. The maximum atomic E-state index is 12.1. The van der Waals surface area contributed by atoms with Gasteiger partial charge in [-0.1, -0.05) is 44.2 Å². The van der Waals surface area contributed by atoms with Crippen LogP contribution in [0, 0.1) is 5.92 Å². The lowest BCUT2D eigenvalue weighted by atomic mass is 10.0. The molecule has 0 fully saturated rings. The van der Waals surface area contributed by atoms with Crippen LogP contribution in [0.4, 0.5) is 0 Å². The van der Waals surface area contributed by atoms with Crippen molar-refractivity contribution >= 4 is 17.8 Å². The summed E-state index contributed by atoms with van der Waals surface area (Å²) in [5.74, 6) is -1.56. The molecule has 0 aromatic heterocycles. The van der Waals surface area contributed by atoms with E-state index in [0.29, 0.717) is 0 Å². The molecule has 0 aliphatic heterocycles. The molecule has 2 amide bonds. The van der Waals surface area contributed by atoms with Crippen molar-refractivity contribution in [3.63, 3.8) is 0 Å². The summed E-state index contributed by atoms with van der Waals surface area (Å²) in [6.45, 7) is 5.00. The molecule has 4 N–H and O–H groups in total. The Bertz CT molecular complexity index is 558. The number of hydrogen-bond donors (Lipinski definition) is 3. The summed E-state index contributed by atoms with van der Waals surface area (Å²) in [6, 6.07) is 7.77. The highest BCUT2D eigenvalue weighted by Crippen LogP contribution is 2.03. The summed E-state index contributed by atoms with van der Waals surface area (Å²) < 4.78 is 5.08. The van der Waals surface area contributed by atoms with Gasteiger partial charge in [0.1, 0.15) is 19.2 Å². The first kappa shape index (κ1) is 19.6. The Labute approximate surface area is 141 Å². The number of nitrogens with two attached hydrogens (primary N) is 1. The van der Waals surface area contributed by atoms with Crippen LogP contribution in [0.3, 0.4) is 0 Å². The van der Waals surface area contributed by atoms with Crippen LogP contribution >= 0.6 is 0 Å². The summed E-state index contributed by atoms with van der Waals surface area (Å²) in [6.07, 6.45) is 0. The second kappa shape index (κ2) is 9.67. The van der Waals surface area contributed by atoms with Gasteiger partial charge in [-0.25, -0.2) is 0 Å². The van der Waals surface area contributed by atoms with Crippen molar-refractivity contribution in [1.29, 1.82) is 0 Å². The average molecular weight is 335 g/mol. The highest BCUT2D eigenvalue weighted by Gasteiger charge is 2.25. The van der Waals surface area contributed by atoms with Gasteiger partial charge in [0.25, 0.3) is 0 Å². The second-order valence-electron chi connectivity index (χ2n) is 5.88. The number of carbonyl (C=O) groups is 3. The smallest absolute Gasteiger partial charge is 0.325 e. The van der Waals surface area contributed by atoms with Gasteiger partial charge in [0.05, 0.1) is 6.04 Å².